The minimum Gasteiger partial charge on any atom is -0.375 e. The fraction of sp³-hybridized carbons (Fsp3) is 0.600. The maximum atomic E-state index is 3.67. The van der Waals surface area contributed by atoms with E-state index in [0.29, 0.717) is 0 Å². The molecule has 0 aromatic heterocycles. The Hall–Kier alpha value is -0.540. The normalized spacial score (nSPS) is 11.7. The van der Waals surface area contributed by atoms with Crippen LogP contribution < -0.4 is 10.2 Å². The van der Waals surface area contributed by atoms with Gasteiger partial charge in [-0.3, -0.25) is 0 Å². The van der Waals surface area contributed by atoms with Crippen LogP contribution in [0.5, 0.6) is 0 Å². The standard InChI is InChI=1S/C15H25BrN2/c1-6-9-18(5)13-8-7-12(14(16)10-13)11-17-15(2,3)4/h7-8,10,17H,6,9,11H2,1-5H3. The smallest absolute Gasteiger partial charge is 0.0375 e. The first-order chi connectivity index (χ1) is 8.33. The summed E-state index contributed by atoms with van der Waals surface area (Å²) in [5.41, 5.74) is 2.72. The molecule has 0 bridgehead atoms. The van der Waals surface area contributed by atoms with Gasteiger partial charge in [-0.2, -0.15) is 0 Å². The lowest BCUT2D eigenvalue weighted by Gasteiger charge is -2.22. The Labute approximate surface area is 120 Å². The van der Waals surface area contributed by atoms with E-state index in [2.05, 4.69) is 79.1 Å². The predicted molar refractivity (Wildman–Crippen MR) is 84.3 cm³/mol. The molecule has 3 heteroatoms. The van der Waals surface area contributed by atoms with Crippen LogP contribution in [0.1, 0.15) is 39.7 Å². The molecule has 18 heavy (non-hydrogen) atoms. The van der Waals surface area contributed by atoms with E-state index in [1.807, 2.05) is 0 Å². The highest BCUT2D eigenvalue weighted by atomic mass is 79.9. The zero-order chi connectivity index (χ0) is 13.8. The third-order valence-electron chi connectivity index (χ3n) is 2.85. The number of hydrogen-bond donors (Lipinski definition) is 1. The van der Waals surface area contributed by atoms with E-state index in [-0.39, 0.29) is 5.54 Å². The summed E-state index contributed by atoms with van der Waals surface area (Å²) in [6.07, 6.45) is 1.17. The summed E-state index contributed by atoms with van der Waals surface area (Å²) >= 11 is 3.67. The van der Waals surface area contributed by atoms with Crippen molar-refractivity contribution in [3.8, 4) is 0 Å². The monoisotopic (exact) mass is 312 g/mol. The third-order valence-corrected chi connectivity index (χ3v) is 3.58. The summed E-state index contributed by atoms with van der Waals surface area (Å²) < 4.78 is 1.18. The lowest BCUT2D eigenvalue weighted by molar-refractivity contribution is 0.424. The third kappa shape index (κ3) is 4.99. The van der Waals surface area contributed by atoms with Gasteiger partial charge in [0, 0.05) is 35.8 Å². The van der Waals surface area contributed by atoms with E-state index in [0.717, 1.165) is 13.1 Å². The summed E-state index contributed by atoms with van der Waals surface area (Å²) in [4.78, 5) is 2.28. The van der Waals surface area contributed by atoms with Crippen molar-refractivity contribution in [3.63, 3.8) is 0 Å². The highest BCUT2D eigenvalue weighted by Gasteiger charge is 2.10. The van der Waals surface area contributed by atoms with Gasteiger partial charge in [-0.25, -0.2) is 0 Å². The van der Waals surface area contributed by atoms with Gasteiger partial charge in [-0.15, -0.1) is 0 Å². The number of rotatable bonds is 5. The molecule has 0 fully saturated rings. The number of nitrogens with zero attached hydrogens (tertiary/aromatic N) is 1. The second-order valence-electron chi connectivity index (χ2n) is 5.80. The van der Waals surface area contributed by atoms with Crippen molar-refractivity contribution < 1.29 is 0 Å². The fourth-order valence-electron chi connectivity index (χ4n) is 1.74. The zero-order valence-electron chi connectivity index (χ0n) is 12.2. The van der Waals surface area contributed by atoms with Gasteiger partial charge >= 0.3 is 0 Å². The van der Waals surface area contributed by atoms with Crippen LogP contribution in [0.25, 0.3) is 0 Å². The summed E-state index contributed by atoms with van der Waals surface area (Å²) in [5.74, 6) is 0. The average Bonchev–Trinajstić information content (AvgIpc) is 2.26. The Morgan fingerprint density at radius 1 is 1.28 bits per heavy atom. The lowest BCUT2D eigenvalue weighted by atomic mass is 10.1. The van der Waals surface area contributed by atoms with Gasteiger partial charge in [0.05, 0.1) is 0 Å². The van der Waals surface area contributed by atoms with Crippen molar-refractivity contribution >= 4 is 21.6 Å². The summed E-state index contributed by atoms with van der Waals surface area (Å²) in [7, 11) is 2.14. The van der Waals surface area contributed by atoms with E-state index >= 15 is 0 Å². The van der Waals surface area contributed by atoms with Crippen LogP contribution in [0.2, 0.25) is 0 Å². The Kier molecular flexibility index (Phi) is 5.67. The maximum absolute atomic E-state index is 3.67. The number of benzene rings is 1. The molecule has 0 atom stereocenters. The molecule has 0 saturated heterocycles. The second-order valence-corrected chi connectivity index (χ2v) is 6.66. The molecule has 102 valence electrons. The Morgan fingerprint density at radius 2 is 1.94 bits per heavy atom. The van der Waals surface area contributed by atoms with Gasteiger partial charge in [0.15, 0.2) is 0 Å². The molecule has 0 saturated carbocycles. The molecule has 0 spiro atoms. The summed E-state index contributed by atoms with van der Waals surface area (Å²) in [5, 5.41) is 3.51. The summed E-state index contributed by atoms with van der Waals surface area (Å²) in [6.45, 7) is 10.7. The molecule has 1 rings (SSSR count). The second kappa shape index (κ2) is 6.58. The van der Waals surface area contributed by atoms with E-state index in [1.54, 1.807) is 0 Å². The van der Waals surface area contributed by atoms with Crippen molar-refractivity contribution in [2.45, 2.75) is 46.2 Å². The molecular weight excluding hydrogens is 288 g/mol. The van der Waals surface area contributed by atoms with Crippen molar-refractivity contribution in [3.05, 3.63) is 28.2 Å². The van der Waals surface area contributed by atoms with Gasteiger partial charge < -0.3 is 10.2 Å². The molecule has 0 radical (unpaired) electrons. The quantitative estimate of drug-likeness (QED) is 0.877. The number of hydrogen-bond acceptors (Lipinski definition) is 2. The van der Waals surface area contributed by atoms with Crippen LogP contribution in [0.3, 0.4) is 0 Å². The molecule has 0 aliphatic heterocycles. The van der Waals surface area contributed by atoms with Crippen molar-refractivity contribution in [2.75, 3.05) is 18.5 Å². The molecular formula is C15H25BrN2. The van der Waals surface area contributed by atoms with Crippen LogP contribution in [-0.2, 0) is 6.54 Å². The first-order valence-corrected chi connectivity index (χ1v) is 7.37. The number of nitrogens with one attached hydrogen (secondary N) is 1. The molecule has 1 N–H and O–H groups in total. The first-order valence-electron chi connectivity index (χ1n) is 6.58. The predicted octanol–water partition coefficient (Wildman–Crippen LogP) is 4.18. The van der Waals surface area contributed by atoms with Crippen molar-refractivity contribution in [2.24, 2.45) is 0 Å². The van der Waals surface area contributed by atoms with Crippen LogP contribution in [0.4, 0.5) is 5.69 Å². The van der Waals surface area contributed by atoms with E-state index in [4.69, 9.17) is 0 Å². The highest BCUT2D eigenvalue weighted by molar-refractivity contribution is 9.10. The van der Waals surface area contributed by atoms with Crippen LogP contribution in [-0.4, -0.2) is 19.1 Å². The minimum absolute atomic E-state index is 0.150. The van der Waals surface area contributed by atoms with Gasteiger partial charge in [-0.1, -0.05) is 28.9 Å². The SMILES string of the molecule is CCCN(C)c1ccc(CNC(C)(C)C)c(Br)c1. The van der Waals surface area contributed by atoms with Gasteiger partial charge in [-0.05, 0) is 44.9 Å². The van der Waals surface area contributed by atoms with Crippen LogP contribution >= 0.6 is 15.9 Å². The topological polar surface area (TPSA) is 15.3 Å². The Balaban J connectivity index is 2.73. The molecule has 0 unspecified atom stereocenters. The lowest BCUT2D eigenvalue weighted by Crippen LogP contribution is -2.35. The van der Waals surface area contributed by atoms with Crippen molar-refractivity contribution in [1.29, 1.82) is 0 Å². The summed E-state index contributed by atoms with van der Waals surface area (Å²) in [6, 6.07) is 6.60. The van der Waals surface area contributed by atoms with Crippen molar-refractivity contribution in [1.82, 2.24) is 5.32 Å². The Morgan fingerprint density at radius 3 is 2.44 bits per heavy atom. The molecule has 0 heterocycles. The molecule has 0 aliphatic rings. The molecule has 2 nitrogen and oxygen atoms in total. The first kappa shape index (κ1) is 15.5. The van der Waals surface area contributed by atoms with Gasteiger partial charge in [0.25, 0.3) is 0 Å². The average molecular weight is 313 g/mol. The van der Waals surface area contributed by atoms with Crippen LogP contribution in [0, 0.1) is 0 Å². The molecule has 1 aromatic carbocycles. The fourth-order valence-corrected chi connectivity index (χ4v) is 2.25. The van der Waals surface area contributed by atoms with E-state index in [9.17, 15) is 0 Å². The number of halogens is 1. The zero-order valence-corrected chi connectivity index (χ0v) is 13.8. The maximum Gasteiger partial charge on any atom is 0.0375 e. The largest absolute Gasteiger partial charge is 0.375 e. The highest BCUT2D eigenvalue weighted by Crippen LogP contribution is 2.24. The van der Waals surface area contributed by atoms with Gasteiger partial charge in [0.1, 0.15) is 0 Å². The minimum atomic E-state index is 0.150. The van der Waals surface area contributed by atoms with Gasteiger partial charge in [0.2, 0.25) is 0 Å². The molecule has 1 aromatic rings. The van der Waals surface area contributed by atoms with E-state index < -0.39 is 0 Å². The number of anilines is 1. The molecule has 0 amide bonds. The van der Waals surface area contributed by atoms with E-state index in [1.165, 1.54) is 22.1 Å². The Bertz CT molecular complexity index is 383. The molecule has 0 aliphatic carbocycles. The van der Waals surface area contributed by atoms with Crippen LogP contribution in [0.15, 0.2) is 22.7 Å².